The van der Waals surface area contributed by atoms with Gasteiger partial charge in [0.1, 0.15) is 5.82 Å². The molecule has 6 nitrogen and oxygen atoms in total. The molecule has 0 saturated carbocycles. The van der Waals surface area contributed by atoms with Gasteiger partial charge < -0.3 is 10.2 Å². The van der Waals surface area contributed by atoms with Crippen molar-refractivity contribution < 1.29 is 14.0 Å². The van der Waals surface area contributed by atoms with Crippen molar-refractivity contribution in [3.63, 3.8) is 0 Å². The first-order chi connectivity index (χ1) is 14.1. The van der Waals surface area contributed by atoms with Crippen molar-refractivity contribution in [1.82, 2.24) is 10.3 Å². The number of hydrogen-bond donors (Lipinski definition) is 2. The van der Waals surface area contributed by atoms with Crippen LogP contribution in [0.2, 0.25) is 0 Å². The van der Waals surface area contributed by atoms with E-state index in [4.69, 9.17) is 0 Å². The predicted octanol–water partition coefficient (Wildman–Crippen LogP) is 2.64. The summed E-state index contributed by atoms with van der Waals surface area (Å²) >= 11 is 0. The lowest BCUT2D eigenvalue weighted by atomic mass is 9.84. The largest absolute Gasteiger partial charge is 0.326 e. The van der Waals surface area contributed by atoms with Crippen molar-refractivity contribution in [3.05, 3.63) is 60.4 Å². The molecular formula is C22H25FN4O2. The molecule has 0 aromatic heterocycles. The van der Waals surface area contributed by atoms with Gasteiger partial charge in [0.25, 0.3) is 0 Å². The topological polar surface area (TPSA) is 64.7 Å². The van der Waals surface area contributed by atoms with Gasteiger partial charge in [-0.2, -0.15) is 0 Å². The van der Waals surface area contributed by atoms with Crippen LogP contribution in [0.5, 0.6) is 0 Å². The second-order valence-corrected chi connectivity index (χ2v) is 7.64. The van der Waals surface area contributed by atoms with Crippen LogP contribution in [-0.2, 0) is 9.59 Å². The second kappa shape index (κ2) is 8.31. The van der Waals surface area contributed by atoms with Crippen LogP contribution < -0.4 is 15.8 Å². The monoisotopic (exact) mass is 396 g/mol. The number of fused-ring (bicyclic) bond motifs is 1. The second-order valence-electron chi connectivity index (χ2n) is 7.64. The highest BCUT2D eigenvalue weighted by atomic mass is 19.1. The molecule has 2 aromatic carbocycles. The van der Waals surface area contributed by atoms with Gasteiger partial charge >= 0.3 is 0 Å². The number of likely N-dealkylation sites (tertiary alicyclic amines) is 1. The number of anilines is 2. The van der Waals surface area contributed by atoms with Gasteiger partial charge in [-0.3, -0.25) is 9.59 Å². The first-order valence-corrected chi connectivity index (χ1v) is 10.0. The molecule has 2 fully saturated rings. The Kier molecular flexibility index (Phi) is 5.60. The number of piperidine rings is 1. The SMILES string of the molecule is CCCN1CC(C(=O)Nc2cccc(F)c2)C2NN(c3ccccc3)C(=O)C2C1. The Morgan fingerprint density at radius 2 is 1.97 bits per heavy atom. The molecule has 0 spiro atoms. The fourth-order valence-corrected chi connectivity index (χ4v) is 4.25. The third-order valence-electron chi connectivity index (χ3n) is 5.58. The molecule has 0 aliphatic carbocycles. The van der Waals surface area contributed by atoms with Crippen molar-refractivity contribution in [3.8, 4) is 0 Å². The smallest absolute Gasteiger partial charge is 0.247 e. The zero-order valence-corrected chi connectivity index (χ0v) is 16.3. The molecule has 2 aliphatic rings. The number of halogens is 1. The van der Waals surface area contributed by atoms with Crippen molar-refractivity contribution in [2.45, 2.75) is 19.4 Å². The lowest BCUT2D eigenvalue weighted by Crippen LogP contribution is -2.56. The molecule has 0 radical (unpaired) electrons. The van der Waals surface area contributed by atoms with Gasteiger partial charge in [0.2, 0.25) is 11.8 Å². The summed E-state index contributed by atoms with van der Waals surface area (Å²) in [5, 5.41) is 4.38. The van der Waals surface area contributed by atoms with Gasteiger partial charge in [-0.05, 0) is 43.3 Å². The van der Waals surface area contributed by atoms with E-state index in [2.05, 4.69) is 22.6 Å². The Balaban J connectivity index is 1.58. The van der Waals surface area contributed by atoms with Crippen LogP contribution in [0.3, 0.4) is 0 Å². The van der Waals surface area contributed by atoms with E-state index in [1.54, 1.807) is 17.1 Å². The van der Waals surface area contributed by atoms with Crippen LogP contribution in [0.15, 0.2) is 54.6 Å². The van der Waals surface area contributed by atoms with E-state index in [0.717, 1.165) is 18.7 Å². The third-order valence-corrected chi connectivity index (χ3v) is 5.58. The first kappa shape index (κ1) is 19.5. The molecule has 152 valence electrons. The highest BCUT2D eigenvalue weighted by Gasteiger charge is 2.50. The summed E-state index contributed by atoms with van der Waals surface area (Å²) in [6.07, 6.45) is 0.944. The van der Waals surface area contributed by atoms with Gasteiger partial charge in [0, 0.05) is 18.8 Å². The number of carbonyl (C=O) groups excluding carboxylic acids is 2. The molecule has 2 amide bonds. The first-order valence-electron chi connectivity index (χ1n) is 10.0. The van der Waals surface area contributed by atoms with Crippen LogP contribution in [0.25, 0.3) is 0 Å². The molecule has 4 rings (SSSR count). The van der Waals surface area contributed by atoms with E-state index < -0.39 is 11.7 Å². The van der Waals surface area contributed by atoms with E-state index in [1.807, 2.05) is 30.3 Å². The number of amides is 2. The van der Waals surface area contributed by atoms with Gasteiger partial charge in [-0.1, -0.05) is 31.2 Å². The number of para-hydroxylation sites is 1. The van der Waals surface area contributed by atoms with Crippen molar-refractivity contribution in [1.29, 1.82) is 0 Å². The molecule has 2 saturated heterocycles. The highest BCUT2D eigenvalue weighted by Crippen LogP contribution is 2.32. The Labute approximate surface area is 169 Å². The summed E-state index contributed by atoms with van der Waals surface area (Å²) in [6.45, 7) is 4.08. The zero-order valence-electron chi connectivity index (χ0n) is 16.3. The number of rotatable bonds is 5. The Hall–Kier alpha value is -2.77. The fraction of sp³-hybridized carbons (Fsp3) is 0.364. The van der Waals surface area contributed by atoms with E-state index in [9.17, 15) is 14.0 Å². The Morgan fingerprint density at radius 3 is 2.69 bits per heavy atom. The maximum absolute atomic E-state index is 13.5. The van der Waals surface area contributed by atoms with Crippen molar-refractivity contribution >= 4 is 23.2 Å². The van der Waals surface area contributed by atoms with Crippen LogP contribution >= 0.6 is 0 Å². The summed E-state index contributed by atoms with van der Waals surface area (Å²) in [6, 6.07) is 14.9. The maximum Gasteiger partial charge on any atom is 0.247 e. The van der Waals surface area contributed by atoms with Crippen LogP contribution in [0.1, 0.15) is 13.3 Å². The van der Waals surface area contributed by atoms with Gasteiger partial charge in [-0.25, -0.2) is 14.8 Å². The molecule has 0 bridgehead atoms. The quantitative estimate of drug-likeness (QED) is 0.816. The Bertz CT molecular complexity index is 891. The van der Waals surface area contributed by atoms with Crippen LogP contribution in [0, 0.1) is 17.7 Å². The molecular weight excluding hydrogens is 371 g/mol. The zero-order chi connectivity index (χ0) is 20.4. The van der Waals surface area contributed by atoms with E-state index >= 15 is 0 Å². The van der Waals surface area contributed by atoms with Gasteiger partial charge in [0.05, 0.1) is 23.6 Å². The minimum Gasteiger partial charge on any atom is -0.326 e. The van der Waals surface area contributed by atoms with Crippen molar-refractivity contribution in [2.75, 3.05) is 30.0 Å². The van der Waals surface area contributed by atoms with E-state index in [1.165, 1.54) is 12.1 Å². The number of nitrogens with one attached hydrogen (secondary N) is 2. The molecule has 2 aromatic rings. The van der Waals surface area contributed by atoms with Crippen LogP contribution in [-0.4, -0.2) is 42.4 Å². The lowest BCUT2D eigenvalue weighted by molar-refractivity contribution is -0.126. The number of hydrogen-bond acceptors (Lipinski definition) is 4. The molecule has 2 N–H and O–H groups in total. The molecule has 7 heteroatoms. The highest BCUT2D eigenvalue weighted by molar-refractivity contribution is 5.99. The lowest BCUT2D eigenvalue weighted by Gasteiger charge is -2.38. The summed E-state index contributed by atoms with van der Waals surface area (Å²) in [5.41, 5.74) is 4.45. The van der Waals surface area contributed by atoms with E-state index in [-0.39, 0.29) is 23.8 Å². The predicted molar refractivity (Wildman–Crippen MR) is 110 cm³/mol. The summed E-state index contributed by atoms with van der Waals surface area (Å²) in [7, 11) is 0. The fourth-order valence-electron chi connectivity index (χ4n) is 4.25. The molecule has 3 unspecified atom stereocenters. The van der Waals surface area contributed by atoms with Gasteiger partial charge in [0.15, 0.2) is 0 Å². The molecule has 2 aliphatic heterocycles. The number of benzene rings is 2. The standard InChI is InChI=1S/C22H25FN4O2/c1-2-11-26-13-18(21(28)24-16-8-6-7-15(23)12-16)20-19(14-26)22(29)27(25-20)17-9-4-3-5-10-17/h3-10,12,18-20,25H,2,11,13-14H2,1H3,(H,24,28). The summed E-state index contributed by atoms with van der Waals surface area (Å²) in [4.78, 5) is 28.4. The van der Waals surface area contributed by atoms with Crippen LogP contribution in [0.4, 0.5) is 15.8 Å². The third kappa shape index (κ3) is 4.02. The maximum atomic E-state index is 13.5. The minimum atomic E-state index is -0.429. The molecule has 29 heavy (non-hydrogen) atoms. The summed E-state index contributed by atoms with van der Waals surface area (Å²) in [5.74, 6) is -1.37. The Morgan fingerprint density at radius 1 is 1.17 bits per heavy atom. The molecule has 2 heterocycles. The molecule has 3 atom stereocenters. The number of hydrazine groups is 1. The number of nitrogens with zero attached hydrogens (tertiary/aromatic N) is 2. The van der Waals surface area contributed by atoms with Crippen molar-refractivity contribution in [2.24, 2.45) is 11.8 Å². The average Bonchev–Trinajstić information content (AvgIpc) is 3.05. The van der Waals surface area contributed by atoms with Gasteiger partial charge in [-0.15, -0.1) is 0 Å². The van der Waals surface area contributed by atoms with E-state index in [0.29, 0.717) is 18.8 Å². The average molecular weight is 396 g/mol. The summed E-state index contributed by atoms with van der Waals surface area (Å²) < 4.78 is 13.5. The number of carbonyl (C=O) groups is 2. The minimum absolute atomic E-state index is 0.0226. The normalized spacial score (nSPS) is 24.4.